The number of aromatic hydroxyl groups is 1. The summed E-state index contributed by atoms with van der Waals surface area (Å²) in [6, 6.07) is 4.50. The quantitative estimate of drug-likeness (QED) is 0.729. The molecule has 0 spiro atoms. The van der Waals surface area contributed by atoms with Crippen molar-refractivity contribution in [3.63, 3.8) is 0 Å². The van der Waals surface area contributed by atoms with Crippen molar-refractivity contribution < 1.29 is 15.0 Å². The number of nitrogens with zero attached hydrogens (tertiary/aromatic N) is 1. The first-order valence-electron chi connectivity index (χ1n) is 4.82. The molecule has 0 saturated carbocycles. The number of rotatable bonds is 3. The molecule has 0 unspecified atom stereocenters. The Hall–Kier alpha value is -2.08. The third kappa shape index (κ3) is 2.36. The predicted molar refractivity (Wildman–Crippen MR) is 65.2 cm³/mol. The van der Waals surface area contributed by atoms with Crippen LogP contribution in [0.25, 0.3) is 0 Å². The number of aryl methyl sites for hydroxylation is 1. The van der Waals surface area contributed by atoms with Crippen LogP contribution in [0.2, 0.25) is 0 Å². The van der Waals surface area contributed by atoms with E-state index in [9.17, 15) is 9.90 Å². The number of para-hydroxylation sites is 1. The van der Waals surface area contributed by atoms with Gasteiger partial charge in [0, 0.05) is 11.1 Å². The minimum absolute atomic E-state index is 0.136. The fraction of sp³-hybridized carbons (Fsp3) is 0.0909. The van der Waals surface area contributed by atoms with E-state index in [0.717, 1.165) is 4.88 Å². The van der Waals surface area contributed by atoms with Crippen LogP contribution in [-0.2, 0) is 0 Å². The van der Waals surface area contributed by atoms with Gasteiger partial charge in [-0.1, -0.05) is 6.07 Å². The Bertz CT molecular complexity index is 566. The van der Waals surface area contributed by atoms with Crippen molar-refractivity contribution in [2.45, 2.75) is 6.92 Å². The molecule has 5 nitrogen and oxygen atoms in total. The van der Waals surface area contributed by atoms with Crippen LogP contribution in [-0.4, -0.2) is 21.2 Å². The van der Waals surface area contributed by atoms with Gasteiger partial charge in [-0.25, -0.2) is 9.78 Å². The van der Waals surface area contributed by atoms with Gasteiger partial charge in [0.1, 0.15) is 5.56 Å². The molecule has 0 aliphatic carbocycles. The van der Waals surface area contributed by atoms with E-state index < -0.39 is 5.97 Å². The van der Waals surface area contributed by atoms with Gasteiger partial charge in [-0.15, -0.1) is 11.3 Å². The molecule has 88 valence electrons. The average Bonchev–Trinajstić information content (AvgIpc) is 2.67. The van der Waals surface area contributed by atoms with Crippen molar-refractivity contribution in [1.82, 2.24) is 4.98 Å². The zero-order chi connectivity index (χ0) is 12.4. The smallest absolute Gasteiger partial charge is 0.339 e. The van der Waals surface area contributed by atoms with Crippen LogP contribution >= 0.6 is 11.3 Å². The molecule has 0 fully saturated rings. The molecule has 0 aliphatic heterocycles. The number of phenols is 1. The highest BCUT2D eigenvalue weighted by atomic mass is 32.1. The van der Waals surface area contributed by atoms with E-state index in [1.165, 1.54) is 17.4 Å². The number of anilines is 2. The van der Waals surface area contributed by atoms with E-state index in [0.29, 0.717) is 10.8 Å². The van der Waals surface area contributed by atoms with Crippen LogP contribution in [0.15, 0.2) is 24.4 Å². The summed E-state index contributed by atoms with van der Waals surface area (Å²) in [5.74, 6) is -1.45. The lowest BCUT2D eigenvalue weighted by Crippen LogP contribution is -1.99. The second-order valence-electron chi connectivity index (χ2n) is 3.41. The number of carboxylic acids is 1. The third-order valence-corrected chi connectivity index (χ3v) is 2.96. The van der Waals surface area contributed by atoms with Crippen LogP contribution in [0.3, 0.4) is 0 Å². The maximum atomic E-state index is 10.8. The van der Waals surface area contributed by atoms with Crippen LogP contribution in [0.1, 0.15) is 15.2 Å². The summed E-state index contributed by atoms with van der Waals surface area (Å²) in [6.07, 6.45) is 1.70. The van der Waals surface area contributed by atoms with Gasteiger partial charge in [-0.2, -0.15) is 0 Å². The minimum atomic E-state index is -1.17. The average molecular weight is 250 g/mol. The topological polar surface area (TPSA) is 82.5 Å². The molecule has 0 aliphatic rings. The molecule has 6 heteroatoms. The second kappa shape index (κ2) is 4.42. The van der Waals surface area contributed by atoms with Crippen molar-refractivity contribution in [1.29, 1.82) is 0 Å². The van der Waals surface area contributed by atoms with Gasteiger partial charge in [0.25, 0.3) is 0 Å². The highest BCUT2D eigenvalue weighted by Gasteiger charge is 2.13. The van der Waals surface area contributed by atoms with E-state index in [4.69, 9.17) is 5.11 Å². The number of hydrogen-bond donors (Lipinski definition) is 3. The fourth-order valence-corrected chi connectivity index (χ4v) is 2.02. The molecule has 3 N–H and O–H groups in total. The second-order valence-corrected chi connectivity index (χ2v) is 4.64. The zero-order valence-corrected chi connectivity index (χ0v) is 9.78. The van der Waals surface area contributed by atoms with Crippen LogP contribution in [0.5, 0.6) is 5.75 Å². The van der Waals surface area contributed by atoms with Gasteiger partial charge in [0.2, 0.25) is 0 Å². The number of thiazole rings is 1. The molecule has 1 aromatic heterocycles. The van der Waals surface area contributed by atoms with E-state index in [1.807, 2.05) is 6.92 Å². The molecule has 1 aromatic carbocycles. The molecule has 2 rings (SSSR count). The Labute approximate surface area is 101 Å². The standard InChI is InChI=1S/C11H10N2O3S/c1-6-5-12-11(17-6)13-8-4-2-3-7(9(8)14)10(15)16/h2-5,14H,1H3,(H,12,13)(H,15,16). The van der Waals surface area contributed by atoms with Gasteiger partial charge >= 0.3 is 5.97 Å². The van der Waals surface area contributed by atoms with Crippen molar-refractivity contribution in [3.05, 3.63) is 34.8 Å². The first-order valence-corrected chi connectivity index (χ1v) is 5.64. The highest BCUT2D eigenvalue weighted by molar-refractivity contribution is 7.15. The summed E-state index contributed by atoms with van der Waals surface area (Å²) < 4.78 is 0. The molecular formula is C11H10N2O3S. The molecule has 0 saturated heterocycles. The summed E-state index contributed by atoms with van der Waals surface area (Å²) in [5, 5.41) is 22.1. The number of benzene rings is 1. The summed E-state index contributed by atoms with van der Waals surface area (Å²) >= 11 is 1.42. The third-order valence-electron chi connectivity index (χ3n) is 2.13. The molecule has 2 aromatic rings. The summed E-state index contributed by atoms with van der Waals surface area (Å²) in [4.78, 5) is 15.9. The van der Waals surface area contributed by atoms with Gasteiger partial charge in [-0.3, -0.25) is 0 Å². The molecule has 0 amide bonds. The van der Waals surface area contributed by atoms with E-state index in [2.05, 4.69) is 10.3 Å². The van der Waals surface area contributed by atoms with Gasteiger partial charge in [-0.05, 0) is 19.1 Å². The Morgan fingerprint density at radius 2 is 2.24 bits per heavy atom. The number of aromatic nitrogens is 1. The van der Waals surface area contributed by atoms with Crippen molar-refractivity contribution in [2.24, 2.45) is 0 Å². The summed E-state index contributed by atoms with van der Waals surface area (Å²) in [6.45, 7) is 1.91. The predicted octanol–water partition coefficient (Wildman–Crippen LogP) is 2.60. The van der Waals surface area contributed by atoms with Gasteiger partial charge in [0.15, 0.2) is 10.9 Å². The number of carbonyl (C=O) groups is 1. The van der Waals surface area contributed by atoms with E-state index >= 15 is 0 Å². The maximum Gasteiger partial charge on any atom is 0.339 e. The molecule has 0 bridgehead atoms. The lowest BCUT2D eigenvalue weighted by atomic mass is 10.2. The minimum Gasteiger partial charge on any atom is -0.505 e. The normalized spacial score (nSPS) is 10.2. The lowest BCUT2D eigenvalue weighted by molar-refractivity contribution is 0.0694. The largest absolute Gasteiger partial charge is 0.505 e. The van der Waals surface area contributed by atoms with Crippen LogP contribution in [0.4, 0.5) is 10.8 Å². The number of aromatic carboxylic acids is 1. The highest BCUT2D eigenvalue weighted by Crippen LogP contribution is 2.31. The lowest BCUT2D eigenvalue weighted by Gasteiger charge is -2.07. The summed E-state index contributed by atoms with van der Waals surface area (Å²) in [5.41, 5.74) is 0.197. The first-order chi connectivity index (χ1) is 8.08. The Kier molecular flexibility index (Phi) is 2.97. The van der Waals surface area contributed by atoms with Crippen molar-refractivity contribution >= 4 is 28.1 Å². The molecule has 1 heterocycles. The zero-order valence-electron chi connectivity index (χ0n) is 8.97. The fourth-order valence-electron chi connectivity index (χ4n) is 1.34. The molecule has 17 heavy (non-hydrogen) atoms. The number of nitrogens with one attached hydrogen (secondary N) is 1. The first kappa shape index (κ1) is 11.4. The van der Waals surface area contributed by atoms with Crippen LogP contribution < -0.4 is 5.32 Å². The molecule has 0 atom stereocenters. The molecule has 0 radical (unpaired) electrons. The Balaban J connectivity index is 2.33. The van der Waals surface area contributed by atoms with Crippen molar-refractivity contribution in [2.75, 3.05) is 5.32 Å². The van der Waals surface area contributed by atoms with Gasteiger partial charge < -0.3 is 15.5 Å². The monoisotopic (exact) mass is 250 g/mol. The van der Waals surface area contributed by atoms with E-state index in [1.54, 1.807) is 18.3 Å². The van der Waals surface area contributed by atoms with Gasteiger partial charge in [0.05, 0.1) is 5.69 Å². The molecular weight excluding hydrogens is 240 g/mol. The number of hydrogen-bond acceptors (Lipinski definition) is 5. The summed E-state index contributed by atoms with van der Waals surface area (Å²) in [7, 11) is 0. The van der Waals surface area contributed by atoms with Crippen LogP contribution in [0, 0.1) is 6.92 Å². The Morgan fingerprint density at radius 3 is 2.82 bits per heavy atom. The van der Waals surface area contributed by atoms with Crippen molar-refractivity contribution in [3.8, 4) is 5.75 Å². The maximum absolute atomic E-state index is 10.8. The SMILES string of the molecule is Cc1cnc(Nc2cccc(C(=O)O)c2O)s1. The Morgan fingerprint density at radius 1 is 1.47 bits per heavy atom. The number of carboxylic acid groups (broad SMARTS) is 1. The van der Waals surface area contributed by atoms with E-state index in [-0.39, 0.29) is 11.3 Å².